The number of aliphatic hydroxyl groups is 1. The van der Waals surface area contributed by atoms with Crippen LogP contribution in [0.1, 0.15) is 34.1 Å². The minimum Gasteiger partial charge on any atom is -0.394 e. The Labute approximate surface area is 117 Å². The first-order valence-electron chi connectivity index (χ1n) is 7.01. The average Bonchev–Trinajstić information content (AvgIpc) is 2.34. The molecule has 0 aliphatic carbocycles. The van der Waals surface area contributed by atoms with Crippen LogP contribution in [0.25, 0.3) is 0 Å². The third-order valence-corrected chi connectivity index (χ3v) is 2.20. The largest absolute Gasteiger partial charge is 0.394 e. The van der Waals surface area contributed by atoms with E-state index in [1.807, 2.05) is 27.7 Å². The van der Waals surface area contributed by atoms with Crippen LogP contribution in [0, 0.1) is 0 Å². The van der Waals surface area contributed by atoms with E-state index >= 15 is 0 Å². The molecular weight excluding hydrogens is 248 g/mol. The lowest BCUT2D eigenvalue weighted by Gasteiger charge is -2.19. The third-order valence-electron chi connectivity index (χ3n) is 2.20. The summed E-state index contributed by atoms with van der Waals surface area (Å²) in [5.74, 6) is 0. The molecule has 0 saturated heterocycles. The van der Waals surface area contributed by atoms with Crippen LogP contribution in [-0.4, -0.2) is 63.1 Å². The van der Waals surface area contributed by atoms with Crippen molar-refractivity contribution < 1.29 is 24.1 Å². The van der Waals surface area contributed by atoms with Gasteiger partial charge in [0, 0.05) is 6.61 Å². The molecule has 19 heavy (non-hydrogen) atoms. The summed E-state index contributed by atoms with van der Waals surface area (Å²) in [7, 11) is 0. The van der Waals surface area contributed by atoms with Gasteiger partial charge in [-0.1, -0.05) is 6.92 Å². The van der Waals surface area contributed by atoms with E-state index in [1.165, 1.54) is 0 Å². The maximum absolute atomic E-state index is 9.09. The zero-order valence-electron chi connectivity index (χ0n) is 12.8. The Balaban J connectivity index is 3.36. The molecule has 0 aliphatic heterocycles. The van der Waals surface area contributed by atoms with Crippen molar-refractivity contribution in [1.29, 1.82) is 0 Å². The quantitative estimate of drug-likeness (QED) is 0.550. The van der Waals surface area contributed by atoms with Gasteiger partial charge in [0.2, 0.25) is 0 Å². The highest BCUT2D eigenvalue weighted by Crippen LogP contribution is 2.05. The van der Waals surface area contributed by atoms with E-state index < -0.39 is 0 Å². The highest BCUT2D eigenvalue weighted by molar-refractivity contribution is 4.58. The standard InChI is InChI=1S/C14H30O5/c1-5-6-17-12-13(11-15)18-9-7-16-8-10-19-14(2,3)4/h13,15H,5-12H2,1-4H3. The molecule has 0 amide bonds. The van der Waals surface area contributed by atoms with Crippen molar-refractivity contribution in [3.63, 3.8) is 0 Å². The van der Waals surface area contributed by atoms with Crippen molar-refractivity contribution in [1.82, 2.24) is 0 Å². The number of aliphatic hydroxyl groups excluding tert-OH is 1. The normalized spacial score (nSPS) is 13.7. The summed E-state index contributed by atoms with van der Waals surface area (Å²) in [6.45, 7) is 11.3. The summed E-state index contributed by atoms with van der Waals surface area (Å²) in [6, 6.07) is 0. The van der Waals surface area contributed by atoms with Crippen LogP contribution >= 0.6 is 0 Å². The molecule has 0 fully saturated rings. The first-order chi connectivity index (χ1) is 8.99. The highest BCUT2D eigenvalue weighted by atomic mass is 16.6. The smallest absolute Gasteiger partial charge is 0.104 e. The Kier molecular flexibility index (Phi) is 11.5. The van der Waals surface area contributed by atoms with Crippen LogP contribution in [-0.2, 0) is 18.9 Å². The second kappa shape index (κ2) is 11.6. The van der Waals surface area contributed by atoms with Gasteiger partial charge in [0.15, 0.2) is 0 Å². The van der Waals surface area contributed by atoms with E-state index in [1.54, 1.807) is 0 Å². The maximum atomic E-state index is 9.09. The first-order valence-corrected chi connectivity index (χ1v) is 7.01. The second-order valence-electron chi connectivity index (χ2n) is 5.32. The molecule has 116 valence electrons. The van der Waals surface area contributed by atoms with E-state index in [0.29, 0.717) is 39.6 Å². The number of ether oxygens (including phenoxy) is 4. The molecule has 0 aliphatic rings. The van der Waals surface area contributed by atoms with Gasteiger partial charge < -0.3 is 24.1 Å². The molecule has 0 spiro atoms. The van der Waals surface area contributed by atoms with E-state index in [-0.39, 0.29) is 18.3 Å². The van der Waals surface area contributed by atoms with Crippen LogP contribution in [0.2, 0.25) is 0 Å². The van der Waals surface area contributed by atoms with Gasteiger partial charge in [0.05, 0.1) is 45.2 Å². The monoisotopic (exact) mass is 278 g/mol. The van der Waals surface area contributed by atoms with Crippen LogP contribution in [0.15, 0.2) is 0 Å². The summed E-state index contributed by atoms with van der Waals surface area (Å²) >= 11 is 0. The molecule has 0 aromatic heterocycles. The van der Waals surface area contributed by atoms with Crippen LogP contribution in [0.5, 0.6) is 0 Å². The molecule has 0 heterocycles. The van der Waals surface area contributed by atoms with Gasteiger partial charge in [-0.05, 0) is 27.2 Å². The van der Waals surface area contributed by atoms with E-state index in [0.717, 1.165) is 6.42 Å². The van der Waals surface area contributed by atoms with Crippen molar-refractivity contribution in [3.05, 3.63) is 0 Å². The molecule has 0 aromatic carbocycles. The van der Waals surface area contributed by atoms with Gasteiger partial charge in [-0.3, -0.25) is 0 Å². The van der Waals surface area contributed by atoms with Crippen molar-refractivity contribution in [2.45, 2.75) is 45.8 Å². The van der Waals surface area contributed by atoms with Gasteiger partial charge in [-0.25, -0.2) is 0 Å². The lowest BCUT2D eigenvalue weighted by molar-refractivity contribution is -0.0712. The van der Waals surface area contributed by atoms with Crippen molar-refractivity contribution in [3.8, 4) is 0 Å². The second-order valence-corrected chi connectivity index (χ2v) is 5.32. The van der Waals surface area contributed by atoms with Gasteiger partial charge in [-0.2, -0.15) is 0 Å². The molecule has 5 nitrogen and oxygen atoms in total. The molecule has 1 unspecified atom stereocenters. The van der Waals surface area contributed by atoms with Gasteiger partial charge in [-0.15, -0.1) is 0 Å². The molecule has 0 bridgehead atoms. The van der Waals surface area contributed by atoms with E-state index in [2.05, 4.69) is 0 Å². The fraction of sp³-hybridized carbons (Fsp3) is 1.00. The minimum atomic E-state index is -0.263. The summed E-state index contributed by atoms with van der Waals surface area (Å²) in [6.07, 6.45) is 0.704. The fourth-order valence-electron chi connectivity index (χ4n) is 1.30. The average molecular weight is 278 g/mol. The number of hydrogen-bond acceptors (Lipinski definition) is 5. The Morgan fingerprint density at radius 3 is 2.21 bits per heavy atom. The highest BCUT2D eigenvalue weighted by Gasteiger charge is 2.09. The van der Waals surface area contributed by atoms with E-state index in [9.17, 15) is 0 Å². The Bertz CT molecular complexity index is 191. The molecule has 0 radical (unpaired) electrons. The predicted octanol–water partition coefficient (Wildman–Crippen LogP) is 1.62. The Morgan fingerprint density at radius 2 is 1.63 bits per heavy atom. The van der Waals surface area contributed by atoms with E-state index in [4.69, 9.17) is 24.1 Å². The molecule has 1 atom stereocenters. The topological polar surface area (TPSA) is 57.2 Å². The third kappa shape index (κ3) is 14.0. The maximum Gasteiger partial charge on any atom is 0.104 e. The minimum absolute atomic E-state index is 0.0309. The zero-order valence-corrected chi connectivity index (χ0v) is 12.8. The van der Waals surface area contributed by atoms with Crippen molar-refractivity contribution in [2.75, 3.05) is 46.2 Å². The predicted molar refractivity (Wildman–Crippen MR) is 74.5 cm³/mol. The Hall–Kier alpha value is -0.200. The SMILES string of the molecule is CCCOCC(CO)OCCOCCOC(C)(C)C. The molecule has 0 aromatic rings. The molecule has 0 saturated carbocycles. The first kappa shape index (κ1) is 18.8. The van der Waals surface area contributed by atoms with Gasteiger partial charge in [0.25, 0.3) is 0 Å². The number of hydrogen-bond donors (Lipinski definition) is 1. The summed E-state index contributed by atoms with van der Waals surface area (Å²) in [5.41, 5.74) is -0.127. The molecule has 5 heteroatoms. The molecule has 0 rings (SSSR count). The van der Waals surface area contributed by atoms with Crippen molar-refractivity contribution in [2.24, 2.45) is 0 Å². The summed E-state index contributed by atoms with van der Waals surface area (Å²) < 4.78 is 21.7. The molecule has 1 N–H and O–H groups in total. The van der Waals surface area contributed by atoms with Crippen LogP contribution in [0.3, 0.4) is 0 Å². The van der Waals surface area contributed by atoms with Crippen molar-refractivity contribution >= 4 is 0 Å². The van der Waals surface area contributed by atoms with Crippen LogP contribution < -0.4 is 0 Å². The lowest BCUT2D eigenvalue weighted by atomic mass is 10.2. The van der Waals surface area contributed by atoms with Gasteiger partial charge >= 0.3 is 0 Å². The summed E-state index contributed by atoms with van der Waals surface area (Å²) in [5, 5.41) is 9.09. The number of rotatable bonds is 12. The molecular formula is C14H30O5. The lowest BCUT2D eigenvalue weighted by Crippen LogP contribution is -2.26. The Morgan fingerprint density at radius 1 is 0.947 bits per heavy atom. The zero-order chi connectivity index (χ0) is 14.6. The summed E-state index contributed by atoms with van der Waals surface area (Å²) in [4.78, 5) is 0. The van der Waals surface area contributed by atoms with Crippen LogP contribution in [0.4, 0.5) is 0 Å². The fourth-order valence-corrected chi connectivity index (χ4v) is 1.30. The van der Waals surface area contributed by atoms with Gasteiger partial charge in [0.1, 0.15) is 6.10 Å².